The van der Waals surface area contributed by atoms with Crippen LogP contribution in [0.3, 0.4) is 0 Å². The Labute approximate surface area is 146 Å². The molecule has 5 heteroatoms. The molecule has 1 aliphatic rings. The molecule has 0 saturated heterocycles. The first-order chi connectivity index (χ1) is 11.9. The second kappa shape index (κ2) is 6.67. The SMILES string of the molecule is Cc1ccc2c(c1)[C@@H](c1ccc(F)cc1)N(C(=O)C(C)C)CC(=O)N2. The summed E-state index contributed by atoms with van der Waals surface area (Å²) in [6.45, 7) is 5.55. The van der Waals surface area contributed by atoms with Crippen LogP contribution < -0.4 is 5.32 Å². The molecule has 0 radical (unpaired) electrons. The minimum Gasteiger partial charge on any atom is -0.324 e. The number of fused-ring (bicyclic) bond motifs is 1. The van der Waals surface area contributed by atoms with Crippen molar-refractivity contribution in [3.8, 4) is 0 Å². The maximum Gasteiger partial charge on any atom is 0.244 e. The summed E-state index contributed by atoms with van der Waals surface area (Å²) in [6, 6.07) is 11.4. The van der Waals surface area contributed by atoms with E-state index in [2.05, 4.69) is 5.32 Å². The lowest BCUT2D eigenvalue weighted by molar-refractivity contribution is -0.139. The predicted molar refractivity (Wildman–Crippen MR) is 94.6 cm³/mol. The van der Waals surface area contributed by atoms with E-state index in [0.29, 0.717) is 5.69 Å². The van der Waals surface area contributed by atoms with Crippen molar-refractivity contribution in [2.45, 2.75) is 26.8 Å². The zero-order chi connectivity index (χ0) is 18.1. The molecule has 0 aromatic heterocycles. The van der Waals surface area contributed by atoms with Gasteiger partial charge in [-0.05, 0) is 30.7 Å². The zero-order valence-electron chi connectivity index (χ0n) is 14.5. The van der Waals surface area contributed by atoms with Crippen LogP contribution in [0.1, 0.15) is 36.6 Å². The van der Waals surface area contributed by atoms with E-state index in [1.165, 1.54) is 12.1 Å². The van der Waals surface area contributed by atoms with Gasteiger partial charge < -0.3 is 10.2 Å². The fourth-order valence-corrected chi connectivity index (χ4v) is 3.17. The summed E-state index contributed by atoms with van der Waals surface area (Å²) in [6.07, 6.45) is 0. The minimum absolute atomic E-state index is 0.0349. The van der Waals surface area contributed by atoms with E-state index in [4.69, 9.17) is 0 Å². The van der Waals surface area contributed by atoms with Crippen LogP contribution in [0, 0.1) is 18.7 Å². The van der Waals surface area contributed by atoms with Gasteiger partial charge >= 0.3 is 0 Å². The third-order valence-corrected chi connectivity index (χ3v) is 4.36. The Morgan fingerprint density at radius 1 is 1.20 bits per heavy atom. The molecule has 2 aromatic rings. The van der Waals surface area contributed by atoms with Crippen molar-refractivity contribution >= 4 is 17.5 Å². The standard InChI is InChI=1S/C20H21FN2O2/c1-12(2)20(25)23-11-18(24)22-17-9-4-13(3)10-16(17)19(23)14-5-7-15(21)8-6-14/h4-10,12,19H,11H2,1-3H3,(H,22,24)/t19-/m1/s1. The summed E-state index contributed by atoms with van der Waals surface area (Å²) in [5, 5.41) is 2.88. The highest BCUT2D eigenvalue weighted by Crippen LogP contribution is 2.37. The number of anilines is 1. The fourth-order valence-electron chi connectivity index (χ4n) is 3.17. The van der Waals surface area contributed by atoms with E-state index in [9.17, 15) is 14.0 Å². The molecular formula is C20H21FN2O2. The molecule has 0 bridgehead atoms. The van der Waals surface area contributed by atoms with Gasteiger partial charge in [0.25, 0.3) is 0 Å². The number of nitrogens with zero attached hydrogens (tertiary/aromatic N) is 1. The van der Waals surface area contributed by atoms with Crippen LogP contribution in [0.15, 0.2) is 42.5 Å². The number of nitrogens with one attached hydrogen (secondary N) is 1. The van der Waals surface area contributed by atoms with Gasteiger partial charge in [0.1, 0.15) is 12.4 Å². The van der Waals surface area contributed by atoms with Gasteiger partial charge in [0.2, 0.25) is 11.8 Å². The fraction of sp³-hybridized carbons (Fsp3) is 0.300. The topological polar surface area (TPSA) is 49.4 Å². The minimum atomic E-state index is -0.440. The van der Waals surface area contributed by atoms with Crippen LogP contribution in [0.5, 0.6) is 0 Å². The van der Waals surface area contributed by atoms with E-state index < -0.39 is 6.04 Å². The molecule has 25 heavy (non-hydrogen) atoms. The number of carbonyl (C=O) groups excluding carboxylic acids is 2. The number of halogens is 1. The van der Waals surface area contributed by atoms with Crippen LogP contribution in [-0.2, 0) is 9.59 Å². The Hall–Kier alpha value is -2.69. The van der Waals surface area contributed by atoms with Gasteiger partial charge in [0, 0.05) is 17.2 Å². The maximum absolute atomic E-state index is 13.4. The van der Waals surface area contributed by atoms with Crippen molar-refractivity contribution < 1.29 is 14.0 Å². The van der Waals surface area contributed by atoms with Crippen LogP contribution in [0.4, 0.5) is 10.1 Å². The lowest BCUT2D eigenvalue weighted by Crippen LogP contribution is -2.41. The van der Waals surface area contributed by atoms with Gasteiger partial charge in [-0.25, -0.2) is 4.39 Å². The first-order valence-corrected chi connectivity index (χ1v) is 8.33. The van der Waals surface area contributed by atoms with Crippen molar-refractivity contribution in [2.75, 3.05) is 11.9 Å². The molecule has 1 atom stereocenters. The van der Waals surface area contributed by atoms with Gasteiger partial charge in [-0.2, -0.15) is 0 Å². The molecule has 3 rings (SSSR count). The quantitative estimate of drug-likeness (QED) is 0.907. The summed E-state index contributed by atoms with van der Waals surface area (Å²) < 4.78 is 13.4. The average Bonchev–Trinajstić information content (AvgIpc) is 2.70. The molecule has 2 aromatic carbocycles. The van der Waals surface area contributed by atoms with Crippen LogP contribution >= 0.6 is 0 Å². The van der Waals surface area contributed by atoms with Crippen molar-refractivity contribution in [3.05, 3.63) is 65.0 Å². The number of aryl methyl sites for hydroxylation is 1. The number of hydrogen-bond donors (Lipinski definition) is 1. The van der Waals surface area contributed by atoms with Crippen LogP contribution in [0.2, 0.25) is 0 Å². The Bertz CT molecular complexity index is 815. The van der Waals surface area contributed by atoms with Gasteiger partial charge in [-0.3, -0.25) is 9.59 Å². The summed E-state index contributed by atoms with van der Waals surface area (Å²) in [5.74, 6) is -0.928. The Balaban J connectivity index is 2.21. The van der Waals surface area contributed by atoms with E-state index >= 15 is 0 Å². The van der Waals surface area contributed by atoms with Gasteiger partial charge in [-0.1, -0.05) is 43.7 Å². The van der Waals surface area contributed by atoms with Gasteiger partial charge in [0.05, 0.1) is 6.04 Å². The molecule has 4 nitrogen and oxygen atoms in total. The second-order valence-corrected chi connectivity index (χ2v) is 6.71. The summed E-state index contributed by atoms with van der Waals surface area (Å²) in [5.41, 5.74) is 3.33. The molecular weight excluding hydrogens is 319 g/mol. The summed E-state index contributed by atoms with van der Waals surface area (Å²) >= 11 is 0. The molecule has 130 valence electrons. The largest absolute Gasteiger partial charge is 0.324 e. The number of amides is 2. The lowest BCUT2D eigenvalue weighted by atomic mass is 9.93. The molecule has 1 heterocycles. The third-order valence-electron chi connectivity index (χ3n) is 4.36. The first kappa shape index (κ1) is 17.1. The van der Waals surface area contributed by atoms with Crippen molar-refractivity contribution in [1.29, 1.82) is 0 Å². The monoisotopic (exact) mass is 340 g/mol. The highest BCUT2D eigenvalue weighted by Gasteiger charge is 2.34. The predicted octanol–water partition coefficient (Wildman–Crippen LogP) is 3.66. The highest BCUT2D eigenvalue weighted by atomic mass is 19.1. The van der Waals surface area contributed by atoms with Crippen molar-refractivity contribution in [1.82, 2.24) is 4.90 Å². The van der Waals surface area contributed by atoms with Crippen LogP contribution in [-0.4, -0.2) is 23.3 Å². The van der Waals surface area contributed by atoms with E-state index in [1.54, 1.807) is 17.0 Å². The number of carbonyl (C=O) groups is 2. The van der Waals surface area contributed by atoms with Crippen molar-refractivity contribution in [2.24, 2.45) is 5.92 Å². The number of benzene rings is 2. The molecule has 1 aliphatic heterocycles. The molecule has 0 aliphatic carbocycles. The molecule has 2 amide bonds. The zero-order valence-corrected chi connectivity index (χ0v) is 14.5. The second-order valence-electron chi connectivity index (χ2n) is 6.71. The van der Waals surface area contributed by atoms with Crippen LogP contribution in [0.25, 0.3) is 0 Å². The molecule has 1 N–H and O–H groups in total. The first-order valence-electron chi connectivity index (χ1n) is 8.33. The van der Waals surface area contributed by atoms with Gasteiger partial charge in [0.15, 0.2) is 0 Å². The Morgan fingerprint density at radius 2 is 1.88 bits per heavy atom. The highest BCUT2D eigenvalue weighted by molar-refractivity contribution is 5.97. The number of rotatable bonds is 2. The number of hydrogen-bond acceptors (Lipinski definition) is 2. The Morgan fingerprint density at radius 3 is 2.52 bits per heavy atom. The van der Waals surface area contributed by atoms with Gasteiger partial charge in [-0.15, -0.1) is 0 Å². The average molecular weight is 340 g/mol. The Kier molecular flexibility index (Phi) is 4.57. The lowest BCUT2D eigenvalue weighted by Gasteiger charge is -2.32. The maximum atomic E-state index is 13.4. The van der Waals surface area contributed by atoms with Crippen molar-refractivity contribution in [3.63, 3.8) is 0 Å². The normalized spacial score (nSPS) is 17.1. The molecule has 0 saturated carbocycles. The molecule has 0 unspecified atom stereocenters. The van der Waals surface area contributed by atoms with E-state index in [0.717, 1.165) is 16.7 Å². The smallest absolute Gasteiger partial charge is 0.244 e. The molecule has 0 spiro atoms. The summed E-state index contributed by atoms with van der Waals surface area (Å²) in [7, 11) is 0. The van der Waals surface area contributed by atoms with E-state index in [1.807, 2.05) is 39.0 Å². The molecule has 0 fully saturated rings. The summed E-state index contributed by atoms with van der Waals surface area (Å²) in [4.78, 5) is 26.7. The van der Waals surface area contributed by atoms with E-state index in [-0.39, 0.29) is 30.1 Å². The third kappa shape index (κ3) is 3.40.